The summed E-state index contributed by atoms with van der Waals surface area (Å²) in [7, 11) is -1.38. The van der Waals surface area contributed by atoms with Gasteiger partial charge < -0.3 is 41.2 Å². The van der Waals surface area contributed by atoms with Crippen molar-refractivity contribution in [2.24, 2.45) is 27.1 Å². The molecule has 496 valence electrons. The number of nitrogens with one attached hydrogen (secondary N) is 7. The van der Waals surface area contributed by atoms with E-state index >= 15 is 0 Å². The van der Waals surface area contributed by atoms with Crippen molar-refractivity contribution in [3.8, 4) is 33.8 Å². The summed E-state index contributed by atoms with van der Waals surface area (Å²) in [4.78, 5) is 86.3. The lowest BCUT2D eigenvalue weighted by molar-refractivity contribution is -0.138. The van der Waals surface area contributed by atoms with Gasteiger partial charge in [-0.15, -0.1) is 35.6 Å². The second kappa shape index (κ2) is 31.0. The van der Waals surface area contributed by atoms with Gasteiger partial charge in [0, 0.05) is 133 Å². The molecule has 2 saturated carbocycles. The van der Waals surface area contributed by atoms with E-state index < -0.39 is 13.1 Å². The lowest BCUT2D eigenvalue weighted by Gasteiger charge is -2.08. The van der Waals surface area contributed by atoms with E-state index in [0.717, 1.165) is 107 Å². The predicted molar refractivity (Wildman–Crippen MR) is 388 cm³/mol. The number of alkyl halides is 2. The number of rotatable bonds is 9. The largest absolute Gasteiger partial charge is 0.488 e. The number of pyridine rings is 4. The van der Waals surface area contributed by atoms with Crippen molar-refractivity contribution in [3.05, 3.63) is 245 Å². The molecule has 4 atom stereocenters. The summed E-state index contributed by atoms with van der Waals surface area (Å²) in [5.74, 6) is -1.13. The van der Waals surface area contributed by atoms with Crippen LogP contribution in [0.2, 0.25) is 0 Å². The first kappa shape index (κ1) is 68.7. The third-order valence-electron chi connectivity index (χ3n) is 16.7. The number of nitrogens with zero attached hydrogens (tertiary/aromatic N) is 7. The van der Waals surface area contributed by atoms with Crippen LogP contribution >= 0.6 is 35.6 Å². The number of hydrazone groups is 3. The van der Waals surface area contributed by atoms with E-state index in [1.54, 1.807) is 80.1 Å². The molecule has 2 fully saturated rings. The first-order valence-electron chi connectivity index (χ1n) is 30.7. The van der Waals surface area contributed by atoms with Crippen LogP contribution < -0.4 is 32.8 Å². The minimum atomic E-state index is -1.38. The smallest absolute Gasteiger partial charge is 0.481 e. The third-order valence-corrected chi connectivity index (χ3v) is 16.7. The summed E-state index contributed by atoms with van der Waals surface area (Å²) in [5.41, 5.74) is 30.8. The van der Waals surface area contributed by atoms with Gasteiger partial charge in [0.05, 0.1) is 63.7 Å². The molecular formula is C72H61BCl3N15O8. The molecule has 12 N–H and O–H groups in total. The van der Waals surface area contributed by atoms with Gasteiger partial charge in [-0.1, -0.05) is 60.7 Å². The molecule has 3 aliphatic heterocycles. The zero-order valence-electron chi connectivity index (χ0n) is 52.5. The van der Waals surface area contributed by atoms with Crippen LogP contribution in [0.1, 0.15) is 89.1 Å². The monoisotopic (exact) mass is 1380 g/mol. The molecule has 0 saturated heterocycles. The minimum Gasteiger partial charge on any atom is -0.481 e. The van der Waals surface area contributed by atoms with E-state index in [1.807, 2.05) is 116 Å². The quantitative estimate of drug-likeness (QED) is 0.0364. The Morgan fingerprint density at radius 3 is 1.30 bits per heavy atom. The Morgan fingerprint density at radius 1 is 0.525 bits per heavy atom. The summed E-state index contributed by atoms with van der Waals surface area (Å²) >= 11 is 9.53. The van der Waals surface area contributed by atoms with Crippen molar-refractivity contribution < 1.29 is 39.1 Å². The normalized spacial score (nSPS) is 15.9. The van der Waals surface area contributed by atoms with Crippen LogP contribution in [0.5, 0.6) is 0 Å². The van der Waals surface area contributed by atoms with E-state index in [4.69, 9.17) is 44.1 Å². The Kier molecular flexibility index (Phi) is 21.5. The lowest BCUT2D eigenvalue weighted by Crippen LogP contribution is -2.29. The number of aliphatic carboxylic acids is 1. The molecule has 0 radical (unpaired) electrons. The Balaban J connectivity index is 0.000000131. The van der Waals surface area contributed by atoms with Crippen LogP contribution in [-0.2, 0) is 9.59 Å². The van der Waals surface area contributed by atoms with Gasteiger partial charge in [0.1, 0.15) is 0 Å². The lowest BCUT2D eigenvalue weighted by atomic mass is 9.81. The van der Waals surface area contributed by atoms with Crippen LogP contribution in [0.25, 0.3) is 66.5 Å². The van der Waals surface area contributed by atoms with Gasteiger partial charge in [-0.3, -0.25) is 43.9 Å². The van der Waals surface area contributed by atoms with Gasteiger partial charge in [0.25, 0.3) is 17.7 Å². The molecular weight excluding hydrogens is 1320 g/mol. The first-order chi connectivity index (χ1) is 47.7. The number of carbonyl (C=O) groups excluding carboxylic acids is 4. The summed E-state index contributed by atoms with van der Waals surface area (Å²) in [6.45, 7) is 1.97. The van der Waals surface area contributed by atoms with Crippen molar-refractivity contribution >= 4 is 141 Å². The Bertz CT molecular complexity index is 4880. The zero-order chi connectivity index (χ0) is 68.4. The van der Waals surface area contributed by atoms with Gasteiger partial charge in [-0.25, -0.2) is 16.3 Å². The van der Waals surface area contributed by atoms with Crippen molar-refractivity contribution in [1.82, 2.24) is 51.2 Å². The molecule has 4 amide bonds. The van der Waals surface area contributed by atoms with Crippen LogP contribution in [0.3, 0.4) is 0 Å². The van der Waals surface area contributed by atoms with E-state index in [9.17, 15) is 24.0 Å². The number of aromatic nitrogens is 7. The highest BCUT2D eigenvalue weighted by molar-refractivity contribution is 6.58. The number of H-pyrrole nitrogens is 3. The standard InChI is InChI=1S/C25H19N5O2.C16H12N4O.C15H11N5O.C10H10O2.C5H6BNO2.CH2Cl2.ClH/c31-24(18-12-17(18)14-4-2-1-3-5-14)28-16-10-19-22-20(13-27-30-25(19)32)23(29-21(22)11-16)15-6-8-26-9-7-15;1-9-6-11-14-12(8-18-20-16(11)21)15(19-13(14)7-9)10-2-4-17-5-3-10;16-9-5-10-13-11(7-18-20-15(10)21)14(19-12(13)6-9)8-1-3-17-4-2-8;11-10(12)9-6-8(9)7-4-2-1-3-5-7;8-6(9)5-1-3-7-4-2-5;2-1-3;/h1-11,13,17-18,29H,12H2,(H,28,31)(H,30,32);2-8,19H,1H3,(H,20,21);1-7,19H,16H2,(H,20,21);1-5,8-9H,6H2,(H,11,12);1-4,8-9H;1H2;1H/t17-,18+;;;8-,9?;;;/m0..0.../s1. The SMILES string of the molecule is Cc1cc2c3c(c(-c4ccncc4)[nH]c3c1)C=NNC2=O.Cl.ClCCl.Nc1cc2c3c(c(-c4ccncc4)[nH]c3c1)C=NNC2=O.O=C(O)C1C[C@H]1c1ccccc1.O=C1NN=Cc2c(-c3ccncc3)[nH]c3cc(NC(=O)[C@@H]4C[C@H]4c4ccccc4)cc1c23.OB(O)c1ccncc1. The summed E-state index contributed by atoms with van der Waals surface area (Å²) in [5, 5.41) is 43.6. The fourth-order valence-corrected chi connectivity index (χ4v) is 12.0. The van der Waals surface area contributed by atoms with Crippen molar-refractivity contribution in [2.75, 3.05) is 16.4 Å². The van der Waals surface area contributed by atoms with Gasteiger partial charge in [-0.2, -0.15) is 15.3 Å². The zero-order valence-corrected chi connectivity index (χ0v) is 54.8. The van der Waals surface area contributed by atoms with Crippen molar-refractivity contribution in [2.45, 2.75) is 31.6 Å². The summed E-state index contributed by atoms with van der Waals surface area (Å²) in [6.07, 6.45) is 20.0. The molecule has 0 spiro atoms. The number of carboxylic acids is 1. The van der Waals surface area contributed by atoms with Crippen molar-refractivity contribution in [1.29, 1.82) is 0 Å². The van der Waals surface area contributed by atoms with Gasteiger partial charge in [0.2, 0.25) is 5.91 Å². The molecule has 17 rings (SSSR count). The first-order valence-corrected chi connectivity index (χ1v) is 31.8. The van der Waals surface area contributed by atoms with E-state index in [2.05, 4.69) is 83.9 Å². The fourth-order valence-electron chi connectivity index (χ4n) is 12.0. The number of carbonyl (C=O) groups is 5. The number of aromatic amines is 3. The number of anilines is 2. The highest BCUT2D eigenvalue weighted by Crippen LogP contribution is 2.49. The van der Waals surface area contributed by atoms with Crippen LogP contribution in [-0.4, -0.2) is 111 Å². The number of nitrogen functional groups attached to an aromatic ring is 1. The van der Waals surface area contributed by atoms with Gasteiger partial charge >= 0.3 is 13.1 Å². The number of benzene rings is 5. The number of nitrogens with two attached hydrogens (primary N) is 1. The predicted octanol–water partition coefficient (Wildman–Crippen LogP) is 11.0. The molecule has 10 heterocycles. The van der Waals surface area contributed by atoms with E-state index in [1.165, 1.54) is 18.0 Å². The van der Waals surface area contributed by atoms with Gasteiger partial charge in [0.15, 0.2) is 0 Å². The molecule has 27 heteroatoms. The number of amides is 4. The topological polar surface area (TPSA) is 356 Å². The number of halogens is 3. The number of aryl methyl sites for hydroxylation is 1. The number of hydrogen-bond donors (Lipinski definition) is 11. The molecule has 2 aliphatic carbocycles. The van der Waals surface area contributed by atoms with Crippen LogP contribution in [0, 0.1) is 18.8 Å². The molecule has 5 aliphatic rings. The maximum absolute atomic E-state index is 12.9. The third kappa shape index (κ3) is 15.6. The molecule has 7 aromatic heterocycles. The average molecular weight is 1380 g/mol. The van der Waals surface area contributed by atoms with Crippen molar-refractivity contribution in [3.63, 3.8) is 0 Å². The molecule has 0 bridgehead atoms. The van der Waals surface area contributed by atoms with E-state index in [0.29, 0.717) is 33.5 Å². The second-order valence-electron chi connectivity index (χ2n) is 23.0. The maximum Gasteiger partial charge on any atom is 0.488 e. The van der Waals surface area contributed by atoms with Gasteiger partial charge in [-0.05, 0) is 139 Å². The second-order valence-corrected chi connectivity index (χ2v) is 23.8. The van der Waals surface area contributed by atoms with Crippen LogP contribution in [0.15, 0.2) is 210 Å². The highest BCUT2D eigenvalue weighted by Gasteiger charge is 2.45. The Morgan fingerprint density at radius 2 is 0.899 bits per heavy atom. The Labute approximate surface area is 581 Å². The van der Waals surface area contributed by atoms with E-state index in [-0.39, 0.29) is 65.0 Å². The number of hydrogen-bond acceptors (Lipinski definition) is 15. The summed E-state index contributed by atoms with van der Waals surface area (Å²) in [6, 6.07) is 45.5. The summed E-state index contributed by atoms with van der Waals surface area (Å²) < 4.78 is 0. The maximum atomic E-state index is 12.9. The minimum absolute atomic E-state index is 0. The average Bonchev–Trinajstić information content (AvgIpc) is 1.64. The molecule has 5 aromatic carbocycles. The highest BCUT2D eigenvalue weighted by atomic mass is 35.5. The molecule has 23 nitrogen and oxygen atoms in total. The molecule has 99 heavy (non-hydrogen) atoms. The Hall–Kier alpha value is -11.7. The number of carboxylic acid groups (broad SMARTS) is 1. The molecule has 1 unspecified atom stereocenters. The van der Waals surface area contributed by atoms with Crippen LogP contribution in [0.4, 0.5) is 11.4 Å². The fraction of sp³-hybridized carbons (Fsp3) is 0.111. The molecule has 12 aromatic rings.